The normalized spacial score (nSPS) is 13.4. The summed E-state index contributed by atoms with van der Waals surface area (Å²) in [4.78, 5) is 13.5. The third-order valence-corrected chi connectivity index (χ3v) is 7.75. The molecule has 0 radical (unpaired) electrons. The van der Waals surface area contributed by atoms with Crippen LogP contribution >= 0.6 is 15.9 Å². The van der Waals surface area contributed by atoms with E-state index in [1.807, 2.05) is 80.6 Å². The monoisotopic (exact) mass is 528 g/mol. The lowest BCUT2D eigenvalue weighted by Gasteiger charge is -2.23. The Kier molecular flexibility index (Phi) is 8.10. The standard InChI is InChI=1S/C26H29BrN2O3S/c1-17-13-18(2)25(19(3)14-17)33(31,32)29-24(15-21-9-6-5-7-10-21)26(30)28-20(4)22-11-8-12-23(27)16-22/h5-14,16,20,24,29H,15H2,1-4H3,(H,28,30)/t20-,24+/m1/s1. The highest BCUT2D eigenvalue weighted by Crippen LogP contribution is 2.23. The Bertz CT molecular complexity index is 1220. The quantitative estimate of drug-likeness (QED) is 0.424. The van der Waals surface area contributed by atoms with Crippen LogP contribution in [0.2, 0.25) is 0 Å². The molecule has 7 heteroatoms. The van der Waals surface area contributed by atoms with Gasteiger partial charge in [0, 0.05) is 4.47 Å². The molecule has 0 fully saturated rings. The van der Waals surface area contributed by atoms with Gasteiger partial charge < -0.3 is 5.32 Å². The van der Waals surface area contributed by atoms with Crippen LogP contribution < -0.4 is 10.0 Å². The Morgan fingerprint density at radius 3 is 2.18 bits per heavy atom. The summed E-state index contributed by atoms with van der Waals surface area (Å²) in [6.07, 6.45) is 0.237. The summed E-state index contributed by atoms with van der Waals surface area (Å²) in [7, 11) is -3.93. The van der Waals surface area contributed by atoms with Crippen LogP contribution in [0.15, 0.2) is 76.1 Å². The van der Waals surface area contributed by atoms with E-state index in [0.717, 1.165) is 21.2 Å². The van der Waals surface area contributed by atoms with E-state index in [0.29, 0.717) is 11.1 Å². The fourth-order valence-corrected chi connectivity index (χ4v) is 6.11. The highest BCUT2D eigenvalue weighted by Gasteiger charge is 2.29. The van der Waals surface area contributed by atoms with Gasteiger partial charge >= 0.3 is 0 Å². The van der Waals surface area contributed by atoms with E-state index in [1.165, 1.54) is 0 Å². The van der Waals surface area contributed by atoms with E-state index in [2.05, 4.69) is 26.0 Å². The number of benzene rings is 3. The van der Waals surface area contributed by atoms with E-state index in [9.17, 15) is 13.2 Å². The zero-order chi connectivity index (χ0) is 24.2. The van der Waals surface area contributed by atoms with Crippen molar-refractivity contribution in [3.05, 3.63) is 99.0 Å². The van der Waals surface area contributed by atoms with Crippen molar-refractivity contribution < 1.29 is 13.2 Å². The molecule has 0 spiro atoms. The van der Waals surface area contributed by atoms with Gasteiger partial charge in [-0.1, -0.05) is 76.1 Å². The second-order valence-electron chi connectivity index (χ2n) is 8.38. The Hall–Kier alpha value is -2.48. The summed E-state index contributed by atoms with van der Waals surface area (Å²) in [5.74, 6) is -0.377. The van der Waals surface area contributed by atoms with Crippen LogP contribution in [-0.4, -0.2) is 20.4 Å². The molecule has 2 atom stereocenters. The van der Waals surface area contributed by atoms with Crippen LogP contribution in [0.5, 0.6) is 0 Å². The summed E-state index contributed by atoms with van der Waals surface area (Å²) in [5, 5.41) is 2.97. The summed E-state index contributed by atoms with van der Waals surface area (Å²) in [6.45, 7) is 7.35. The summed E-state index contributed by atoms with van der Waals surface area (Å²) < 4.78 is 30.4. The summed E-state index contributed by atoms with van der Waals surface area (Å²) >= 11 is 3.45. The maximum atomic E-state index is 13.4. The van der Waals surface area contributed by atoms with Crippen molar-refractivity contribution >= 4 is 31.9 Å². The lowest BCUT2D eigenvalue weighted by molar-refractivity contribution is -0.123. The van der Waals surface area contributed by atoms with Crippen LogP contribution in [0.1, 0.15) is 40.8 Å². The first kappa shape index (κ1) is 25.1. The van der Waals surface area contributed by atoms with Crippen molar-refractivity contribution in [1.29, 1.82) is 0 Å². The molecule has 5 nitrogen and oxygen atoms in total. The van der Waals surface area contributed by atoms with Crippen LogP contribution in [-0.2, 0) is 21.2 Å². The highest BCUT2D eigenvalue weighted by molar-refractivity contribution is 9.10. The molecule has 0 bridgehead atoms. The van der Waals surface area contributed by atoms with Crippen molar-refractivity contribution in [2.75, 3.05) is 0 Å². The Balaban J connectivity index is 1.90. The van der Waals surface area contributed by atoms with Crippen molar-refractivity contribution in [2.45, 2.75) is 51.1 Å². The van der Waals surface area contributed by atoms with Gasteiger partial charge in [-0.25, -0.2) is 8.42 Å². The molecule has 174 valence electrons. The number of halogens is 1. The maximum absolute atomic E-state index is 13.4. The number of carbonyl (C=O) groups excluding carboxylic acids is 1. The first-order valence-electron chi connectivity index (χ1n) is 10.8. The number of aryl methyl sites for hydroxylation is 3. The molecule has 3 aromatic rings. The van der Waals surface area contributed by atoms with Crippen molar-refractivity contribution in [1.82, 2.24) is 10.0 Å². The zero-order valence-electron chi connectivity index (χ0n) is 19.2. The Labute approximate surface area is 204 Å². The molecular formula is C26H29BrN2O3S. The van der Waals surface area contributed by atoms with E-state index in [-0.39, 0.29) is 23.3 Å². The molecule has 3 aromatic carbocycles. The smallest absolute Gasteiger partial charge is 0.241 e. The number of hydrogen-bond donors (Lipinski definition) is 2. The Morgan fingerprint density at radius 1 is 0.939 bits per heavy atom. The first-order valence-corrected chi connectivity index (χ1v) is 13.0. The van der Waals surface area contributed by atoms with Gasteiger partial charge in [0.15, 0.2) is 0 Å². The minimum absolute atomic E-state index is 0.221. The topological polar surface area (TPSA) is 75.3 Å². The predicted molar refractivity (Wildman–Crippen MR) is 136 cm³/mol. The highest BCUT2D eigenvalue weighted by atomic mass is 79.9. The van der Waals surface area contributed by atoms with Gasteiger partial charge in [-0.2, -0.15) is 4.72 Å². The molecule has 0 aliphatic rings. The zero-order valence-corrected chi connectivity index (χ0v) is 21.6. The number of rotatable bonds is 8. The van der Waals surface area contributed by atoms with Gasteiger partial charge in [0.1, 0.15) is 6.04 Å². The lowest BCUT2D eigenvalue weighted by atomic mass is 10.0. The molecule has 1 amide bonds. The van der Waals surface area contributed by atoms with Crippen LogP contribution in [0.3, 0.4) is 0 Å². The molecule has 3 rings (SSSR count). The number of sulfonamides is 1. The first-order chi connectivity index (χ1) is 15.6. The second kappa shape index (κ2) is 10.6. The van der Waals surface area contributed by atoms with Crippen LogP contribution in [0, 0.1) is 20.8 Å². The van der Waals surface area contributed by atoms with Crippen LogP contribution in [0.25, 0.3) is 0 Å². The Morgan fingerprint density at radius 2 is 1.58 bits per heavy atom. The van der Waals surface area contributed by atoms with Gasteiger partial charge in [0.2, 0.25) is 15.9 Å². The predicted octanol–water partition coefficient (Wildman–Crippen LogP) is 5.14. The number of hydrogen-bond acceptors (Lipinski definition) is 3. The average Bonchev–Trinajstić information content (AvgIpc) is 2.72. The third kappa shape index (κ3) is 6.53. The molecular weight excluding hydrogens is 500 g/mol. The van der Waals surface area contributed by atoms with Crippen molar-refractivity contribution in [3.63, 3.8) is 0 Å². The van der Waals surface area contributed by atoms with Crippen molar-refractivity contribution in [2.24, 2.45) is 0 Å². The van der Waals surface area contributed by atoms with Gasteiger partial charge in [-0.3, -0.25) is 4.79 Å². The second-order valence-corrected chi connectivity index (χ2v) is 10.9. The molecule has 0 heterocycles. The number of nitrogens with one attached hydrogen (secondary N) is 2. The van der Waals surface area contributed by atoms with Gasteiger partial charge in [0.05, 0.1) is 10.9 Å². The molecule has 0 saturated heterocycles. The lowest BCUT2D eigenvalue weighted by Crippen LogP contribution is -2.48. The maximum Gasteiger partial charge on any atom is 0.241 e. The molecule has 0 saturated carbocycles. The molecule has 0 aromatic heterocycles. The minimum Gasteiger partial charge on any atom is -0.348 e. The number of carbonyl (C=O) groups is 1. The average molecular weight is 530 g/mol. The SMILES string of the molecule is Cc1cc(C)c(S(=O)(=O)N[C@@H](Cc2ccccc2)C(=O)N[C@H](C)c2cccc(Br)c2)c(C)c1. The van der Waals surface area contributed by atoms with E-state index in [1.54, 1.807) is 13.8 Å². The van der Waals surface area contributed by atoms with E-state index < -0.39 is 16.1 Å². The summed E-state index contributed by atoms with van der Waals surface area (Å²) in [5.41, 5.74) is 4.09. The third-order valence-electron chi connectivity index (χ3n) is 5.48. The minimum atomic E-state index is -3.93. The largest absolute Gasteiger partial charge is 0.348 e. The fraction of sp³-hybridized carbons (Fsp3) is 0.269. The molecule has 0 aliphatic heterocycles. The molecule has 0 unspecified atom stereocenters. The molecule has 0 aliphatic carbocycles. The van der Waals surface area contributed by atoms with E-state index in [4.69, 9.17) is 0 Å². The van der Waals surface area contributed by atoms with E-state index >= 15 is 0 Å². The number of amides is 1. The van der Waals surface area contributed by atoms with Gasteiger partial charge in [-0.05, 0) is 68.5 Å². The van der Waals surface area contributed by atoms with Gasteiger partial charge in [0.25, 0.3) is 0 Å². The fourth-order valence-electron chi connectivity index (χ4n) is 4.05. The van der Waals surface area contributed by atoms with Crippen molar-refractivity contribution in [3.8, 4) is 0 Å². The van der Waals surface area contributed by atoms with Crippen LogP contribution in [0.4, 0.5) is 0 Å². The van der Waals surface area contributed by atoms with Gasteiger partial charge in [-0.15, -0.1) is 0 Å². The molecule has 33 heavy (non-hydrogen) atoms. The summed E-state index contributed by atoms with van der Waals surface area (Å²) in [6, 6.07) is 19.5. The molecule has 2 N–H and O–H groups in total.